The molecule has 1 aromatic heterocycles. The summed E-state index contributed by atoms with van der Waals surface area (Å²) < 4.78 is 7.37. The van der Waals surface area contributed by atoms with Crippen molar-refractivity contribution in [1.82, 2.24) is 9.55 Å². The molecule has 0 saturated heterocycles. The van der Waals surface area contributed by atoms with Gasteiger partial charge in [0.05, 0.1) is 24.7 Å². The van der Waals surface area contributed by atoms with E-state index in [4.69, 9.17) is 10.5 Å². The SMILES string of the molecule is CCC(COC)n1cncc1C(N)C(C)C. The Morgan fingerprint density at radius 3 is 2.69 bits per heavy atom. The zero-order valence-corrected chi connectivity index (χ0v) is 10.7. The Balaban J connectivity index is 2.91. The Labute approximate surface area is 97.8 Å². The van der Waals surface area contributed by atoms with Crippen molar-refractivity contribution in [1.29, 1.82) is 0 Å². The molecule has 1 rings (SSSR count). The molecule has 2 N–H and O–H groups in total. The Kier molecular flexibility index (Phi) is 4.96. The third-order valence-electron chi connectivity index (χ3n) is 2.98. The first-order valence-corrected chi connectivity index (χ1v) is 5.88. The average molecular weight is 225 g/mol. The topological polar surface area (TPSA) is 53.1 Å². The first-order chi connectivity index (χ1) is 7.61. The Bertz CT molecular complexity index is 309. The van der Waals surface area contributed by atoms with Crippen LogP contribution in [-0.4, -0.2) is 23.3 Å². The highest BCUT2D eigenvalue weighted by atomic mass is 16.5. The van der Waals surface area contributed by atoms with Crippen LogP contribution in [0.2, 0.25) is 0 Å². The third-order valence-corrected chi connectivity index (χ3v) is 2.98. The first kappa shape index (κ1) is 13.2. The van der Waals surface area contributed by atoms with E-state index in [1.807, 2.05) is 12.5 Å². The van der Waals surface area contributed by atoms with Gasteiger partial charge in [0.2, 0.25) is 0 Å². The van der Waals surface area contributed by atoms with Gasteiger partial charge >= 0.3 is 0 Å². The van der Waals surface area contributed by atoms with Gasteiger partial charge in [-0.15, -0.1) is 0 Å². The largest absolute Gasteiger partial charge is 0.383 e. The van der Waals surface area contributed by atoms with Crippen LogP contribution in [0.5, 0.6) is 0 Å². The predicted octanol–water partition coefficient (Wildman–Crippen LogP) is 2.14. The molecule has 0 saturated carbocycles. The minimum atomic E-state index is 0.0356. The molecular formula is C12H23N3O. The molecule has 1 heterocycles. The van der Waals surface area contributed by atoms with Crippen molar-refractivity contribution in [3.63, 3.8) is 0 Å². The minimum Gasteiger partial charge on any atom is -0.383 e. The van der Waals surface area contributed by atoms with Crippen LogP contribution in [0.3, 0.4) is 0 Å². The van der Waals surface area contributed by atoms with E-state index < -0.39 is 0 Å². The van der Waals surface area contributed by atoms with Crippen molar-refractivity contribution in [2.75, 3.05) is 13.7 Å². The molecule has 92 valence electrons. The number of ether oxygens (including phenoxy) is 1. The van der Waals surface area contributed by atoms with Gasteiger partial charge in [-0.05, 0) is 12.3 Å². The molecular weight excluding hydrogens is 202 g/mol. The maximum atomic E-state index is 6.17. The molecule has 2 atom stereocenters. The Hall–Kier alpha value is -0.870. The fourth-order valence-electron chi connectivity index (χ4n) is 1.81. The molecule has 0 aliphatic rings. The van der Waals surface area contributed by atoms with Gasteiger partial charge in [-0.25, -0.2) is 4.98 Å². The second kappa shape index (κ2) is 6.01. The summed E-state index contributed by atoms with van der Waals surface area (Å²) in [6.45, 7) is 7.09. The summed E-state index contributed by atoms with van der Waals surface area (Å²) in [4.78, 5) is 4.20. The molecule has 0 bridgehead atoms. The van der Waals surface area contributed by atoms with Crippen LogP contribution in [0, 0.1) is 5.92 Å². The lowest BCUT2D eigenvalue weighted by atomic mass is 10.0. The molecule has 2 unspecified atom stereocenters. The number of hydrogen-bond donors (Lipinski definition) is 1. The van der Waals surface area contributed by atoms with Crippen LogP contribution in [0.25, 0.3) is 0 Å². The normalized spacial score (nSPS) is 15.4. The van der Waals surface area contributed by atoms with Crippen molar-refractivity contribution >= 4 is 0 Å². The zero-order valence-electron chi connectivity index (χ0n) is 10.7. The van der Waals surface area contributed by atoms with Gasteiger partial charge in [0, 0.05) is 19.3 Å². The lowest BCUT2D eigenvalue weighted by Crippen LogP contribution is -2.24. The van der Waals surface area contributed by atoms with Crippen LogP contribution in [0.15, 0.2) is 12.5 Å². The summed E-state index contributed by atoms with van der Waals surface area (Å²) in [6.07, 6.45) is 4.73. The molecule has 16 heavy (non-hydrogen) atoms. The van der Waals surface area contributed by atoms with E-state index in [9.17, 15) is 0 Å². The van der Waals surface area contributed by atoms with Crippen LogP contribution < -0.4 is 5.73 Å². The van der Waals surface area contributed by atoms with E-state index in [-0.39, 0.29) is 6.04 Å². The van der Waals surface area contributed by atoms with E-state index in [1.165, 1.54) is 0 Å². The summed E-state index contributed by atoms with van der Waals surface area (Å²) in [5.41, 5.74) is 7.27. The van der Waals surface area contributed by atoms with Crippen molar-refractivity contribution in [3.05, 3.63) is 18.2 Å². The summed E-state index contributed by atoms with van der Waals surface area (Å²) >= 11 is 0. The summed E-state index contributed by atoms with van der Waals surface area (Å²) in [6, 6.07) is 0.362. The highest BCUT2D eigenvalue weighted by Gasteiger charge is 2.19. The van der Waals surface area contributed by atoms with E-state index in [0.29, 0.717) is 18.6 Å². The van der Waals surface area contributed by atoms with Gasteiger partial charge in [0.1, 0.15) is 0 Å². The molecule has 0 radical (unpaired) electrons. The summed E-state index contributed by atoms with van der Waals surface area (Å²) in [5, 5.41) is 0. The van der Waals surface area contributed by atoms with Crippen LogP contribution in [0.1, 0.15) is 45.0 Å². The molecule has 0 aliphatic carbocycles. The number of rotatable bonds is 6. The van der Waals surface area contributed by atoms with Crippen molar-refractivity contribution < 1.29 is 4.74 Å². The fourth-order valence-corrected chi connectivity index (χ4v) is 1.81. The fraction of sp³-hybridized carbons (Fsp3) is 0.750. The highest BCUT2D eigenvalue weighted by molar-refractivity contribution is 5.07. The van der Waals surface area contributed by atoms with Crippen molar-refractivity contribution in [3.8, 4) is 0 Å². The molecule has 1 aromatic rings. The van der Waals surface area contributed by atoms with Crippen molar-refractivity contribution in [2.45, 2.75) is 39.3 Å². The second-order valence-corrected chi connectivity index (χ2v) is 4.51. The smallest absolute Gasteiger partial charge is 0.0952 e. The monoisotopic (exact) mass is 225 g/mol. The van der Waals surface area contributed by atoms with Gasteiger partial charge in [-0.3, -0.25) is 0 Å². The first-order valence-electron chi connectivity index (χ1n) is 5.88. The van der Waals surface area contributed by atoms with Gasteiger partial charge in [-0.1, -0.05) is 20.8 Å². The lowest BCUT2D eigenvalue weighted by molar-refractivity contribution is 0.150. The molecule has 0 spiro atoms. The third kappa shape index (κ3) is 2.83. The number of methoxy groups -OCH3 is 1. The molecule has 0 fully saturated rings. The lowest BCUT2D eigenvalue weighted by Gasteiger charge is -2.23. The highest BCUT2D eigenvalue weighted by Crippen LogP contribution is 2.23. The number of nitrogens with two attached hydrogens (primary N) is 1. The molecule has 0 aromatic carbocycles. The van der Waals surface area contributed by atoms with E-state index in [1.54, 1.807) is 7.11 Å². The number of hydrogen-bond acceptors (Lipinski definition) is 3. The van der Waals surface area contributed by atoms with E-state index in [0.717, 1.165) is 12.1 Å². The van der Waals surface area contributed by atoms with Crippen LogP contribution in [0.4, 0.5) is 0 Å². The van der Waals surface area contributed by atoms with Gasteiger partial charge in [0.25, 0.3) is 0 Å². The van der Waals surface area contributed by atoms with Crippen LogP contribution in [-0.2, 0) is 4.74 Å². The van der Waals surface area contributed by atoms with E-state index >= 15 is 0 Å². The standard InChI is InChI=1S/C12H23N3O/c1-5-10(7-16-4)15-8-14-6-11(15)12(13)9(2)3/h6,8-10,12H,5,7,13H2,1-4H3. The average Bonchev–Trinajstić information content (AvgIpc) is 2.73. The Morgan fingerprint density at radius 2 is 2.19 bits per heavy atom. The quantitative estimate of drug-likeness (QED) is 0.807. The van der Waals surface area contributed by atoms with Gasteiger partial charge in [-0.2, -0.15) is 0 Å². The summed E-state index contributed by atoms with van der Waals surface area (Å²) in [7, 11) is 1.72. The second-order valence-electron chi connectivity index (χ2n) is 4.51. The maximum absolute atomic E-state index is 6.17. The molecule has 0 aliphatic heterocycles. The molecule has 4 heteroatoms. The zero-order chi connectivity index (χ0) is 12.1. The number of imidazole rings is 1. The van der Waals surface area contributed by atoms with Gasteiger partial charge < -0.3 is 15.0 Å². The molecule has 0 amide bonds. The Morgan fingerprint density at radius 1 is 1.50 bits per heavy atom. The predicted molar refractivity (Wildman–Crippen MR) is 65.2 cm³/mol. The number of aromatic nitrogens is 2. The van der Waals surface area contributed by atoms with Gasteiger partial charge in [0.15, 0.2) is 0 Å². The maximum Gasteiger partial charge on any atom is 0.0952 e. The summed E-state index contributed by atoms with van der Waals surface area (Å²) in [5.74, 6) is 0.413. The van der Waals surface area contributed by atoms with Crippen LogP contribution >= 0.6 is 0 Å². The number of nitrogens with zero attached hydrogens (tertiary/aromatic N) is 2. The van der Waals surface area contributed by atoms with E-state index in [2.05, 4.69) is 30.3 Å². The van der Waals surface area contributed by atoms with Crippen molar-refractivity contribution in [2.24, 2.45) is 11.7 Å². The minimum absolute atomic E-state index is 0.0356. The molecule has 4 nitrogen and oxygen atoms in total.